The fraction of sp³-hybridized carbons (Fsp3) is 0.619. The van der Waals surface area contributed by atoms with Crippen molar-refractivity contribution in [3.63, 3.8) is 0 Å². The summed E-state index contributed by atoms with van der Waals surface area (Å²) in [5.41, 5.74) is 1.78. The Balaban J connectivity index is 2.01. The van der Waals surface area contributed by atoms with Gasteiger partial charge >= 0.3 is 5.97 Å². The molecule has 0 spiro atoms. The summed E-state index contributed by atoms with van der Waals surface area (Å²) in [6.07, 6.45) is 3.32. The lowest BCUT2D eigenvalue weighted by Gasteiger charge is -2.36. The summed E-state index contributed by atoms with van der Waals surface area (Å²) in [4.78, 5) is 30.7. The molecule has 8 nitrogen and oxygen atoms in total. The van der Waals surface area contributed by atoms with E-state index in [-0.39, 0.29) is 12.5 Å². The highest BCUT2D eigenvalue weighted by molar-refractivity contribution is 6.07. The number of pyridine rings is 1. The first-order chi connectivity index (χ1) is 13.8. The molecule has 2 aromatic heterocycles. The molecule has 1 N–H and O–H groups in total. The van der Waals surface area contributed by atoms with Gasteiger partial charge in [-0.2, -0.15) is 5.10 Å². The van der Waals surface area contributed by atoms with E-state index < -0.39 is 17.6 Å². The molecular formula is C21H30N4O4. The van der Waals surface area contributed by atoms with Gasteiger partial charge in [0.25, 0.3) is 5.91 Å². The van der Waals surface area contributed by atoms with Crippen molar-refractivity contribution < 1.29 is 19.1 Å². The number of nitrogens with zero attached hydrogens (tertiary/aromatic N) is 3. The number of carbonyl (C=O) groups is 2. The Labute approximate surface area is 171 Å². The molecule has 2 aromatic rings. The average molecular weight is 402 g/mol. The van der Waals surface area contributed by atoms with Crippen LogP contribution in [0.5, 0.6) is 0 Å². The molecule has 1 aliphatic rings. The molecule has 1 atom stereocenters. The van der Waals surface area contributed by atoms with Crippen molar-refractivity contribution in [1.29, 1.82) is 0 Å². The zero-order valence-electron chi connectivity index (χ0n) is 17.9. The van der Waals surface area contributed by atoms with Crippen LogP contribution >= 0.6 is 0 Å². The maximum atomic E-state index is 13.4. The zero-order chi connectivity index (χ0) is 21.2. The third-order valence-corrected chi connectivity index (χ3v) is 5.55. The number of carbonyl (C=O) groups excluding carboxylic acids is 2. The van der Waals surface area contributed by atoms with Crippen LogP contribution in [0.1, 0.15) is 61.3 Å². The van der Waals surface area contributed by atoms with Gasteiger partial charge < -0.3 is 14.8 Å². The third kappa shape index (κ3) is 3.99. The predicted octanol–water partition coefficient (Wildman–Crippen LogP) is 2.60. The van der Waals surface area contributed by atoms with E-state index in [1.807, 2.05) is 20.8 Å². The normalized spacial score (nSPS) is 16.7. The molecule has 2 heterocycles. The fourth-order valence-corrected chi connectivity index (χ4v) is 4.37. The van der Waals surface area contributed by atoms with E-state index in [1.165, 1.54) is 0 Å². The van der Waals surface area contributed by atoms with Gasteiger partial charge in [-0.1, -0.05) is 12.8 Å². The summed E-state index contributed by atoms with van der Waals surface area (Å²) in [7, 11) is 1.80. The van der Waals surface area contributed by atoms with Gasteiger partial charge in [-0.05, 0) is 46.6 Å². The molecule has 8 heteroatoms. The van der Waals surface area contributed by atoms with Crippen molar-refractivity contribution in [1.82, 2.24) is 20.1 Å². The second-order valence-electron chi connectivity index (χ2n) is 7.58. The summed E-state index contributed by atoms with van der Waals surface area (Å²) < 4.78 is 13.0. The van der Waals surface area contributed by atoms with Gasteiger partial charge in [0, 0.05) is 19.3 Å². The number of rotatable bonds is 7. The lowest BCUT2D eigenvalue weighted by Crippen LogP contribution is -2.57. The molecule has 1 saturated carbocycles. The number of hydrogen-bond acceptors (Lipinski definition) is 6. The van der Waals surface area contributed by atoms with Crippen LogP contribution in [-0.4, -0.2) is 51.5 Å². The Kier molecular flexibility index (Phi) is 6.21. The summed E-state index contributed by atoms with van der Waals surface area (Å²) in [5, 5.41) is 8.02. The Morgan fingerprint density at radius 3 is 2.55 bits per heavy atom. The van der Waals surface area contributed by atoms with Crippen molar-refractivity contribution in [2.24, 2.45) is 7.05 Å². The standard InChI is InChI=1S/C21H30N4O4/c1-6-28-20(27)17(21(29-7-2)10-8-9-11-21)23-19(26)15-12-13(3)22-18-16(15)14(4)24-25(18)5/h12,17H,6-11H2,1-5H3,(H,23,26). The molecule has 3 rings (SSSR count). The summed E-state index contributed by atoms with van der Waals surface area (Å²) in [5.74, 6) is -0.804. The fourth-order valence-electron chi connectivity index (χ4n) is 4.37. The van der Waals surface area contributed by atoms with Crippen molar-refractivity contribution >= 4 is 22.9 Å². The SMILES string of the molecule is CCOC(=O)C(NC(=O)c1cc(C)nc2c1c(C)nn2C)C1(OCC)CCCC1. The number of fused-ring (bicyclic) bond motifs is 1. The minimum absolute atomic E-state index is 0.244. The van der Waals surface area contributed by atoms with Gasteiger partial charge in [-0.15, -0.1) is 0 Å². The van der Waals surface area contributed by atoms with E-state index in [4.69, 9.17) is 9.47 Å². The van der Waals surface area contributed by atoms with Crippen LogP contribution in [-0.2, 0) is 21.3 Å². The Hall–Kier alpha value is -2.48. The number of esters is 1. The first kappa shape index (κ1) is 21.2. The molecule has 0 aliphatic heterocycles. The first-order valence-electron chi connectivity index (χ1n) is 10.3. The number of ether oxygens (including phenoxy) is 2. The van der Waals surface area contributed by atoms with Crippen LogP contribution in [0.3, 0.4) is 0 Å². The summed E-state index contributed by atoms with van der Waals surface area (Å²) in [6, 6.07) is 0.870. The predicted molar refractivity (Wildman–Crippen MR) is 109 cm³/mol. The molecule has 1 fully saturated rings. The number of aromatic nitrogens is 3. The third-order valence-electron chi connectivity index (χ3n) is 5.55. The lowest BCUT2D eigenvalue weighted by molar-refractivity contribution is -0.156. The highest BCUT2D eigenvalue weighted by Gasteiger charge is 2.48. The van der Waals surface area contributed by atoms with Gasteiger partial charge in [-0.25, -0.2) is 9.78 Å². The minimum atomic E-state index is -0.863. The van der Waals surface area contributed by atoms with E-state index in [9.17, 15) is 9.59 Å². The van der Waals surface area contributed by atoms with Crippen LogP contribution in [0.4, 0.5) is 0 Å². The number of aryl methyl sites for hydroxylation is 3. The van der Waals surface area contributed by atoms with E-state index >= 15 is 0 Å². The van der Waals surface area contributed by atoms with E-state index in [0.29, 0.717) is 47.4 Å². The monoisotopic (exact) mass is 402 g/mol. The maximum Gasteiger partial charge on any atom is 0.331 e. The molecule has 0 aromatic carbocycles. The quantitative estimate of drug-likeness (QED) is 0.715. The highest BCUT2D eigenvalue weighted by Crippen LogP contribution is 2.37. The van der Waals surface area contributed by atoms with Gasteiger partial charge in [0.2, 0.25) is 0 Å². The molecular weight excluding hydrogens is 372 g/mol. The smallest absolute Gasteiger partial charge is 0.331 e. The molecule has 1 aliphatic carbocycles. The van der Waals surface area contributed by atoms with E-state index in [0.717, 1.165) is 12.8 Å². The van der Waals surface area contributed by atoms with Crippen LogP contribution < -0.4 is 5.32 Å². The molecule has 0 saturated heterocycles. The molecule has 0 radical (unpaired) electrons. The topological polar surface area (TPSA) is 95.3 Å². The van der Waals surface area contributed by atoms with Gasteiger partial charge in [0.05, 0.1) is 28.9 Å². The van der Waals surface area contributed by atoms with Crippen molar-refractivity contribution in [2.45, 2.75) is 65.0 Å². The highest BCUT2D eigenvalue weighted by atomic mass is 16.5. The van der Waals surface area contributed by atoms with Crippen molar-refractivity contribution in [3.8, 4) is 0 Å². The van der Waals surface area contributed by atoms with E-state index in [2.05, 4.69) is 15.4 Å². The molecule has 29 heavy (non-hydrogen) atoms. The largest absolute Gasteiger partial charge is 0.464 e. The summed E-state index contributed by atoms with van der Waals surface area (Å²) in [6.45, 7) is 8.05. The maximum absolute atomic E-state index is 13.4. The van der Waals surface area contributed by atoms with E-state index in [1.54, 1.807) is 24.7 Å². The van der Waals surface area contributed by atoms with Crippen LogP contribution in [0.25, 0.3) is 11.0 Å². The van der Waals surface area contributed by atoms with Crippen LogP contribution in [0, 0.1) is 13.8 Å². The Bertz CT molecular complexity index is 915. The van der Waals surface area contributed by atoms with Crippen LogP contribution in [0.15, 0.2) is 6.07 Å². The second kappa shape index (κ2) is 8.49. The molecule has 1 unspecified atom stereocenters. The minimum Gasteiger partial charge on any atom is -0.464 e. The van der Waals surface area contributed by atoms with Crippen molar-refractivity contribution in [3.05, 3.63) is 23.0 Å². The number of amides is 1. The first-order valence-corrected chi connectivity index (χ1v) is 10.3. The Morgan fingerprint density at radius 2 is 1.93 bits per heavy atom. The molecule has 158 valence electrons. The summed E-state index contributed by atoms with van der Waals surface area (Å²) >= 11 is 0. The van der Waals surface area contributed by atoms with Gasteiger partial charge in [-0.3, -0.25) is 9.48 Å². The zero-order valence-corrected chi connectivity index (χ0v) is 17.9. The van der Waals surface area contributed by atoms with Crippen molar-refractivity contribution in [2.75, 3.05) is 13.2 Å². The molecule has 0 bridgehead atoms. The molecule has 1 amide bonds. The number of hydrogen-bond donors (Lipinski definition) is 1. The number of nitrogens with one attached hydrogen (secondary N) is 1. The van der Waals surface area contributed by atoms with Crippen LogP contribution in [0.2, 0.25) is 0 Å². The average Bonchev–Trinajstić information content (AvgIpc) is 3.25. The van der Waals surface area contributed by atoms with Gasteiger partial charge in [0.1, 0.15) is 0 Å². The van der Waals surface area contributed by atoms with Gasteiger partial charge in [0.15, 0.2) is 11.7 Å². The second-order valence-corrected chi connectivity index (χ2v) is 7.58. The Morgan fingerprint density at radius 1 is 1.24 bits per heavy atom. The lowest BCUT2D eigenvalue weighted by atomic mass is 9.91.